The lowest BCUT2D eigenvalue weighted by Crippen LogP contribution is -2.46. The first-order valence-corrected chi connectivity index (χ1v) is 12.4. The van der Waals surface area contributed by atoms with Gasteiger partial charge >= 0.3 is 6.18 Å². The molecule has 3 N–H and O–H groups in total. The number of pyridine rings is 2. The molecule has 200 valence electrons. The summed E-state index contributed by atoms with van der Waals surface area (Å²) in [6, 6.07) is 7.38. The summed E-state index contributed by atoms with van der Waals surface area (Å²) in [6.07, 6.45) is -1.19. The third-order valence-corrected chi connectivity index (χ3v) is 7.63. The van der Waals surface area contributed by atoms with E-state index >= 15 is 0 Å². The Kier molecular flexibility index (Phi) is 6.75. The number of halogens is 3. The maximum atomic E-state index is 13.6. The van der Waals surface area contributed by atoms with Crippen LogP contribution < -0.4 is 15.1 Å². The number of anilines is 3. The quantitative estimate of drug-likeness (QED) is 0.532. The highest BCUT2D eigenvalue weighted by atomic mass is 19.4. The van der Waals surface area contributed by atoms with Crippen molar-refractivity contribution in [1.29, 1.82) is 0 Å². The summed E-state index contributed by atoms with van der Waals surface area (Å²) < 4.78 is 46.3. The fourth-order valence-electron chi connectivity index (χ4n) is 4.93. The number of rotatable bonds is 6. The number of piperidine rings is 1. The van der Waals surface area contributed by atoms with Gasteiger partial charge in [0.05, 0.1) is 31.1 Å². The maximum Gasteiger partial charge on any atom is 0.425 e. The van der Waals surface area contributed by atoms with Crippen molar-refractivity contribution >= 4 is 23.4 Å². The second-order valence-corrected chi connectivity index (χ2v) is 10.0. The van der Waals surface area contributed by atoms with E-state index in [9.17, 15) is 28.2 Å². The lowest BCUT2D eigenvalue weighted by molar-refractivity contribution is -0.279. The molecule has 5 rings (SSSR count). The summed E-state index contributed by atoms with van der Waals surface area (Å²) in [6.45, 7) is 1.97. The van der Waals surface area contributed by atoms with Crippen molar-refractivity contribution in [3.8, 4) is 0 Å². The molecule has 2 aromatic heterocycles. The molecule has 0 radical (unpaired) electrons. The summed E-state index contributed by atoms with van der Waals surface area (Å²) >= 11 is 0. The van der Waals surface area contributed by atoms with Crippen molar-refractivity contribution in [3.05, 3.63) is 41.6 Å². The van der Waals surface area contributed by atoms with E-state index in [0.717, 1.165) is 31.7 Å². The zero-order valence-electron chi connectivity index (χ0n) is 20.3. The van der Waals surface area contributed by atoms with Crippen molar-refractivity contribution in [2.45, 2.75) is 37.5 Å². The van der Waals surface area contributed by atoms with E-state index in [1.54, 1.807) is 17.0 Å². The molecule has 3 fully saturated rings. The van der Waals surface area contributed by atoms with Crippen molar-refractivity contribution in [3.63, 3.8) is 0 Å². The average molecular weight is 522 g/mol. The molecule has 1 saturated carbocycles. The lowest BCUT2D eigenvalue weighted by atomic mass is 9.93. The van der Waals surface area contributed by atoms with Gasteiger partial charge in [0, 0.05) is 26.2 Å². The van der Waals surface area contributed by atoms with Crippen LogP contribution in [0.3, 0.4) is 0 Å². The number of carbonyl (C=O) groups is 1. The molecule has 2 aliphatic heterocycles. The molecule has 9 nitrogen and oxygen atoms in total. The van der Waals surface area contributed by atoms with Gasteiger partial charge in [-0.1, -0.05) is 6.07 Å². The first-order valence-electron chi connectivity index (χ1n) is 12.4. The highest BCUT2D eigenvalue weighted by molar-refractivity contribution is 6.07. The van der Waals surface area contributed by atoms with Gasteiger partial charge in [0.25, 0.3) is 5.91 Å². The zero-order valence-corrected chi connectivity index (χ0v) is 20.3. The Bertz CT molecular complexity index is 1140. The van der Waals surface area contributed by atoms with Gasteiger partial charge in [0.1, 0.15) is 17.5 Å². The largest absolute Gasteiger partial charge is 0.425 e. The minimum absolute atomic E-state index is 0.0472. The highest BCUT2D eigenvalue weighted by Crippen LogP contribution is 2.54. The summed E-state index contributed by atoms with van der Waals surface area (Å²) in [4.78, 5) is 25.8. The second-order valence-electron chi connectivity index (χ2n) is 10.0. The second kappa shape index (κ2) is 9.73. The Morgan fingerprint density at radius 1 is 1.00 bits per heavy atom. The monoisotopic (exact) mass is 521 g/mol. The molecular formula is C25H30F3N5O4. The predicted molar refractivity (Wildman–Crippen MR) is 130 cm³/mol. The Labute approximate surface area is 212 Å². The number of morpholine rings is 1. The highest BCUT2D eigenvalue weighted by Gasteiger charge is 2.56. The molecule has 2 aromatic rings. The molecular weight excluding hydrogens is 491 g/mol. The number of nitrogens with one attached hydrogen (secondary N) is 1. The van der Waals surface area contributed by atoms with E-state index in [2.05, 4.69) is 15.3 Å². The van der Waals surface area contributed by atoms with Gasteiger partial charge in [-0.05, 0) is 55.4 Å². The number of alkyl halides is 3. The summed E-state index contributed by atoms with van der Waals surface area (Å²) in [7, 11) is 0. The van der Waals surface area contributed by atoms with E-state index in [-0.39, 0.29) is 16.8 Å². The number of carbonyl (C=O) groups excluding carboxylic acids is 1. The average Bonchev–Trinajstić information content (AvgIpc) is 3.66. The molecule has 1 atom stereocenters. The molecule has 1 spiro atoms. The van der Waals surface area contributed by atoms with Crippen molar-refractivity contribution < 1.29 is 32.9 Å². The van der Waals surface area contributed by atoms with Gasteiger partial charge in [0.15, 0.2) is 0 Å². The van der Waals surface area contributed by atoms with Crippen LogP contribution in [0.2, 0.25) is 0 Å². The number of aliphatic hydroxyl groups excluding tert-OH is 1. The molecule has 4 heterocycles. The number of hydrogen-bond donors (Lipinski definition) is 3. The Morgan fingerprint density at radius 3 is 2.32 bits per heavy atom. The van der Waals surface area contributed by atoms with Crippen LogP contribution in [0.4, 0.5) is 30.6 Å². The molecule has 12 heteroatoms. The molecule has 1 aliphatic carbocycles. The molecule has 0 bridgehead atoms. The van der Waals surface area contributed by atoms with Gasteiger partial charge in [-0.25, -0.2) is 9.97 Å². The molecule has 37 heavy (non-hydrogen) atoms. The van der Waals surface area contributed by atoms with Crippen LogP contribution in [-0.4, -0.2) is 78.3 Å². The van der Waals surface area contributed by atoms with E-state index < -0.39 is 30.0 Å². The van der Waals surface area contributed by atoms with E-state index in [0.29, 0.717) is 51.0 Å². The Morgan fingerprint density at radius 2 is 1.70 bits per heavy atom. The minimum Gasteiger partial charge on any atom is -0.393 e. The zero-order chi connectivity index (χ0) is 26.3. The van der Waals surface area contributed by atoms with Crippen LogP contribution in [0.5, 0.6) is 0 Å². The summed E-state index contributed by atoms with van der Waals surface area (Å²) in [5.74, 6) is 0.443. The van der Waals surface area contributed by atoms with Crippen molar-refractivity contribution in [1.82, 2.24) is 9.97 Å². The van der Waals surface area contributed by atoms with Gasteiger partial charge in [-0.2, -0.15) is 13.2 Å². The number of ether oxygens (including phenoxy) is 1. The summed E-state index contributed by atoms with van der Waals surface area (Å²) in [5.41, 5.74) is -3.94. The van der Waals surface area contributed by atoms with E-state index in [1.165, 1.54) is 6.07 Å². The fraction of sp³-hybridized carbons (Fsp3) is 0.560. The van der Waals surface area contributed by atoms with Gasteiger partial charge in [0.2, 0.25) is 5.60 Å². The predicted octanol–water partition coefficient (Wildman–Crippen LogP) is 2.69. The molecule has 0 aromatic carbocycles. The van der Waals surface area contributed by atoms with E-state index in [4.69, 9.17) is 4.74 Å². The molecule has 3 aliphatic rings. The SMILES string of the molecule is O=C(Nc1cccc(N2CCOCC2)n1)c1ccc([C@](O)(CO)C(F)(F)F)nc1N1CCC2(CC1)CC2. The van der Waals surface area contributed by atoms with Crippen LogP contribution in [0, 0.1) is 5.41 Å². The van der Waals surface area contributed by atoms with Crippen molar-refractivity contribution in [2.24, 2.45) is 5.41 Å². The third-order valence-electron chi connectivity index (χ3n) is 7.63. The smallest absolute Gasteiger partial charge is 0.393 e. The number of aromatic nitrogens is 2. The normalized spacial score (nSPS) is 21.0. The van der Waals surface area contributed by atoms with Gasteiger partial charge in [-0.15, -0.1) is 0 Å². The molecule has 0 unspecified atom stereocenters. The maximum absolute atomic E-state index is 13.6. The van der Waals surface area contributed by atoms with Crippen LogP contribution in [0.25, 0.3) is 0 Å². The third kappa shape index (κ3) is 5.10. The number of hydrogen-bond acceptors (Lipinski definition) is 8. The van der Waals surface area contributed by atoms with E-state index in [1.807, 2.05) is 11.0 Å². The van der Waals surface area contributed by atoms with Crippen molar-refractivity contribution in [2.75, 3.05) is 61.1 Å². The summed E-state index contributed by atoms with van der Waals surface area (Å²) in [5, 5.41) is 22.5. The number of amides is 1. The number of nitrogens with zero attached hydrogens (tertiary/aromatic N) is 4. The first kappa shape index (κ1) is 25.7. The van der Waals surface area contributed by atoms with Gasteiger partial charge < -0.3 is 30.1 Å². The van der Waals surface area contributed by atoms with Crippen LogP contribution >= 0.6 is 0 Å². The fourth-order valence-corrected chi connectivity index (χ4v) is 4.93. The lowest BCUT2D eigenvalue weighted by Gasteiger charge is -2.35. The standard InChI is InChI=1S/C25H30F3N5O4/c26-25(27,28)24(36,16-34)18-5-4-17(21(29-18)33-10-8-23(6-7-23)9-11-33)22(35)31-19-2-1-3-20(30-19)32-12-14-37-15-13-32/h1-5,34,36H,6-16H2,(H,30,31,35)/t24-/m1/s1. The topological polar surface area (TPSA) is 111 Å². The van der Waals surface area contributed by atoms with Gasteiger partial charge in [-0.3, -0.25) is 4.79 Å². The van der Waals surface area contributed by atoms with Crippen LogP contribution in [0.15, 0.2) is 30.3 Å². The molecule has 1 amide bonds. The first-order chi connectivity index (χ1) is 17.6. The number of aliphatic hydroxyl groups is 2. The van der Waals surface area contributed by atoms with Crippen LogP contribution in [-0.2, 0) is 10.3 Å². The molecule has 2 saturated heterocycles. The van der Waals surface area contributed by atoms with Crippen LogP contribution in [0.1, 0.15) is 41.7 Å². The Hall–Kier alpha value is -2.96. The minimum atomic E-state index is -5.15. The Balaban J connectivity index is 1.44.